The number of hydrogen-bond donors (Lipinski definition) is 4. The van der Waals surface area contributed by atoms with Crippen LogP contribution < -0.4 is 16.5 Å². The van der Waals surface area contributed by atoms with Gasteiger partial charge in [-0.05, 0) is 59.4 Å². The van der Waals surface area contributed by atoms with Crippen molar-refractivity contribution in [1.82, 2.24) is 20.3 Å². The molecule has 2 aliphatic heterocycles. The lowest BCUT2D eigenvalue weighted by Crippen LogP contribution is -2.51. The maximum atomic E-state index is 12.7. The number of aromatic amines is 1. The fourth-order valence-electron chi connectivity index (χ4n) is 4.63. The van der Waals surface area contributed by atoms with Crippen LogP contribution in [0.25, 0.3) is 11.0 Å². The summed E-state index contributed by atoms with van der Waals surface area (Å²) < 4.78 is 5.63. The van der Waals surface area contributed by atoms with Crippen LogP contribution in [0.1, 0.15) is 63.7 Å². The first-order chi connectivity index (χ1) is 15.1. The van der Waals surface area contributed by atoms with E-state index in [4.69, 9.17) is 15.3 Å². The first-order valence-corrected chi connectivity index (χ1v) is 11.1. The Bertz CT molecular complexity index is 984. The predicted octanol–water partition coefficient (Wildman–Crippen LogP) is 2.87. The van der Waals surface area contributed by atoms with Crippen molar-refractivity contribution in [3.63, 3.8) is 0 Å². The molecule has 0 radical (unpaired) electrons. The fraction of sp³-hybridized carbons (Fsp3) is 0.591. The summed E-state index contributed by atoms with van der Waals surface area (Å²) in [6, 6.07) is 2.20. The van der Waals surface area contributed by atoms with Crippen molar-refractivity contribution in [1.29, 1.82) is 0 Å². The first-order valence-electron chi connectivity index (χ1n) is 11.1. The van der Waals surface area contributed by atoms with Crippen molar-refractivity contribution in [3.05, 3.63) is 24.0 Å². The quantitative estimate of drug-likeness (QED) is 0.408. The number of hydroxylamine groups is 1. The van der Waals surface area contributed by atoms with Crippen molar-refractivity contribution in [2.45, 2.75) is 83.3 Å². The van der Waals surface area contributed by atoms with Crippen LogP contribution in [0, 0.1) is 0 Å². The van der Waals surface area contributed by atoms with Gasteiger partial charge in [-0.15, -0.1) is 5.48 Å². The molecule has 2 saturated heterocycles. The minimum absolute atomic E-state index is 0.0969. The number of nitrogens with one attached hydrogen (secondary N) is 3. The molecule has 0 aromatic carbocycles. The third-order valence-electron chi connectivity index (χ3n) is 5.83. The third-order valence-corrected chi connectivity index (χ3v) is 5.83. The highest BCUT2D eigenvalue weighted by Crippen LogP contribution is 2.39. The van der Waals surface area contributed by atoms with Gasteiger partial charge in [0.15, 0.2) is 0 Å². The summed E-state index contributed by atoms with van der Waals surface area (Å²) in [6.07, 6.45) is 5.99. The van der Waals surface area contributed by atoms with Crippen molar-refractivity contribution < 1.29 is 19.2 Å². The van der Waals surface area contributed by atoms with Crippen molar-refractivity contribution >= 4 is 28.8 Å². The van der Waals surface area contributed by atoms with Crippen molar-refractivity contribution in [2.24, 2.45) is 5.73 Å². The van der Waals surface area contributed by atoms with Gasteiger partial charge in [-0.1, -0.05) is 0 Å². The normalized spacial score (nSPS) is 23.8. The molecule has 10 nitrogen and oxygen atoms in total. The lowest BCUT2D eigenvalue weighted by atomic mass is 9.97. The fourth-order valence-corrected chi connectivity index (χ4v) is 4.63. The Morgan fingerprint density at radius 3 is 2.59 bits per heavy atom. The molecule has 4 heterocycles. The maximum absolute atomic E-state index is 12.7. The Morgan fingerprint density at radius 1 is 1.28 bits per heavy atom. The van der Waals surface area contributed by atoms with Crippen LogP contribution in [0.5, 0.6) is 0 Å². The van der Waals surface area contributed by atoms with E-state index < -0.39 is 17.7 Å². The molecular weight excluding hydrogens is 412 g/mol. The van der Waals surface area contributed by atoms with Crippen LogP contribution in [-0.2, 0) is 9.57 Å². The number of carbonyl (C=O) groups excluding carboxylic acids is 2. The van der Waals surface area contributed by atoms with E-state index >= 15 is 0 Å². The highest BCUT2D eigenvalue weighted by atomic mass is 16.7. The third kappa shape index (κ3) is 4.66. The van der Waals surface area contributed by atoms with Gasteiger partial charge in [-0.25, -0.2) is 14.6 Å². The summed E-state index contributed by atoms with van der Waals surface area (Å²) >= 11 is 0. The van der Waals surface area contributed by atoms with Crippen molar-refractivity contribution in [2.75, 3.05) is 5.32 Å². The lowest BCUT2D eigenvalue weighted by Gasteiger charge is -2.40. The van der Waals surface area contributed by atoms with E-state index in [-0.39, 0.29) is 24.2 Å². The molecule has 2 aromatic rings. The van der Waals surface area contributed by atoms with E-state index in [9.17, 15) is 9.59 Å². The number of rotatable bonds is 5. The van der Waals surface area contributed by atoms with Gasteiger partial charge >= 0.3 is 12.1 Å². The molecule has 0 saturated carbocycles. The number of aromatic nitrogens is 2. The van der Waals surface area contributed by atoms with Crippen LogP contribution in [0.2, 0.25) is 0 Å². The van der Waals surface area contributed by atoms with Gasteiger partial charge in [0, 0.05) is 35.9 Å². The topological polar surface area (TPSA) is 135 Å². The van der Waals surface area contributed by atoms with E-state index in [0.717, 1.165) is 31.1 Å². The van der Waals surface area contributed by atoms with E-state index in [2.05, 4.69) is 20.8 Å². The van der Waals surface area contributed by atoms with Gasteiger partial charge in [0.25, 0.3) is 0 Å². The minimum Gasteiger partial charge on any atom is -0.444 e. The van der Waals surface area contributed by atoms with Crippen LogP contribution in [0.15, 0.2) is 18.5 Å². The maximum Gasteiger partial charge on any atom is 0.410 e. The van der Waals surface area contributed by atoms with Crippen LogP contribution in [-0.4, -0.2) is 56.8 Å². The lowest BCUT2D eigenvalue weighted by molar-refractivity contribution is 0.00682. The molecule has 174 valence electrons. The zero-order valence-electron chi connectivity index (χ0n) is 19.0. The van der Waals surface area contributed by atoms with E-state index in [1.165, 1.54) is 6.20 Å². The number of amides is 1. The largest absolute Gasteiger partial charge is 0.444 e. The molecule has 32 heavy (non-hydrogen) atoms. The smallest absolute Gasteiger partial charge is 0.410 e. The molecule has 1 amide bonds. The second kappa shape index (κ2) is 8.59. The summed E-state index contributed by atoms with van der Waals surface area (Å²) in [7, 11) is 0. The SMILES string of the molecule is CC(N)NOC(=O)c1cnc2[nH]ccc2c1NC1C[C@H]2CC[C@@H](C1)N2C(=O)OC(C)(C)C. The summed E-state index contributed by atoms with van der Waals surface area (Å²) in [5.74, 6) is -0.561. The second-order valence-corrected chi connectivity index (χ2v) is 9.67. The molecule has 2 bridgehead atoms. The van der Waals surface area contributed by atoms with Crippen LogP contribution >= 0.6 is 0 Å². The van der Waals surface area contributed by atoms with Gasteiger partial charge in [-0.2, -0.15) is 0 Å². The number of fused-ring (bicyclic) bond motifs is 3. The number of carbonyl (C=O) groups is 2. The summed E-state index contributed by atoms with van der Waals surface area (Å²) in [5, 5.41) is 4.36. The number of piperidine rings is 1. The van der Waals surface area contributed by atoms with Crippen LogP contribution in [0.3, 0.4) is 0 Å². The molecule has 0 spiro atoms. The van der Waals surface area contributed by atoms with Gasteiger partial charge in [0.2, 0.25) is 0 Å². The number of nitrogens with two attached hydrogens (primary N) is 1. The Balaban J connectivity index is 1.53. The Kier molecular flexibility index (Phi) is 6.00. The molecule has 4 atom stereocenters. The highest BCUT2D eigenvalue weighted by molar-refractivity contribution is 6.04. The van der Waals surface area contributed by atoms with E-state index in [1.54, 1.807) is 13.1 Å². The molecule has 2 aliphatic rings. The minimum atomic E-state index is -0.561. The number of anilines is 1. The van der Waals surface area contributed by atoms with Gasteiger partial charge in [0.1, 0.15) is 16.8 Å². The monoisotopic (exact) mass is 444 g/mol. The van der Waals surface area contributed by atoms with Gasteiger partial charge < -0.3 is 30.5 Å². The van der Waals surface area contributed by atoms with Crippen molar-refractivity contribution in [3.8, 4) is 0 Å². The average Bonchev–Trinajstić information content (AvgIpc) is 3.28. The highest BCUT2D eigenvalue weighted by Gasteiger charge is 2.45. The Morgan fingerprint density at radius 2 is 1.97 bits per heavy atom. The number of H-pyrrole nitrogens is 1. The molecule has 10 heteroatoms. The zero-order chi connectivity index (χ0) is 23.0. The molecule has 0 aliphatic carbocycles. The summed E-state index contributed by atoms with van der Waals surface area (Å²) in [5.41, 5.74) is 9.26. The number of hydrogen-bond acceptors (Lipinski definition) is 8. The van der Waals surface area contributed by atoms with E-state index in [1.807, 2.05) is 31.7 Å². The Hall–Kier alpha value is -2.85. The number of nitrogens with zero attached hydrogens (tertiary/aromatic N) is 2. The number of pyridine rings is 1. The molecule has 4 rings (SSSR count). The molecule has 5 N–H and O–H groups in total. The molecule has 2 aromatic heterocycles. The molecule has 2 unspecified atom stereocenters. The van der Waals surface area contributed by atoms with Gasteiger partial charge in [-0.3, -0.25) is 0 Å². The standard InChI is InChI=1S/C22H32N6O4/c1-12(23)27-32-20(29)17-11-25-19-16(7-8-24-19)18(17)26-13-9-14-5-6-15(10-13)28(14)21(30)31-22(2,3)4/h7-8,11-15,27H,5-6,9-10,23H2,1-4H3,(H2,24,25,26)/t12?,13?,14-,15+. The van der Waals surface area contributed by atoms with Crippen LogP contribution in [0.4, 0.5) is 10.5 Å². The number of ether oxygens (including phenoxy) is 1. The van der Waals surface area contributed by atoms with E-state index in [0.29, 0.717) is 16.9 Å². The zero-order valence-corrected chi connectivity index (χ0v) is 19.0. The average molecular weight is 445 g/mol. The molecular formula is C22H32N6O4. The first kappa shape index (κ1) is 22.3. The predicted molar refractivity (Wildman–Crippen MR) is 120 cm³/mol. The summed E-state index contributed by atoms with van der Waals surface area (Å²) in [4.78, 5) is 39.9. The molecule has 2 fully saturated rings. The Labute approximate surface area is 187 Å². The van der Waals surface area contributed by atoms with Gasteiger partial charge in [0.05, 0.1) is 11.9 Å². The summed E-state index contributed by atoms with van der Waals surface area (Å²) in [6.45, 7) is 7.32. The second-order valence-electron chi connectivity index (χ2n) is 9.67.